The van der Waals surface area contributed by atoms with Gasteiger partial charge in [0, 0.05) is 13.1 Å². The van der Waals surface area contributed by atoms with Gasteiger partial charge < -0.3 is 15.4 Å². The lowest BCUT2D eigenvalue weighted by Gasteiger charge is -2.10. The molecule has 0 fully saturated rings. The van der Waals surface area contributed by atoms with Gasteiger partial charge in [-0.25, -0.2) is 4.79 Å². The standard InChI is InChI=1S/C19H24N2O2/c1-3-11-23-18-10-6-8-16(12-18)13-20-19(22)21-14-17-9-5-4-7-15(17)2/h4-10,12H,3,11,13-14H2,1-2H3,(H2,20,21,22). The number of ether oxygens (including phenoxy) is 1. The third kappa shape index (κ3) is 5.66. The van der Waals surface area contributed by atoms with Crippen molar-refractivity contribution >= 4 is 6.03 Å². The Morgan fingerprint density at radius 1 is 1.04 bits per heavy atom. The normalized spacial score (nSPS) is 10.2. The summed E-state index contributed by atoms with van der Waals surface area (Å²) in [5.74, 6) is 0.839. The van der Waals surface area contributed by atoms with Crippen LogP contribution in [0.5, 0.6) is 5.75 Å². The highest BCUT2D eigenvalue weighted by Crippen LogP contribution is 2.13. The Labute approximate surface area is 137 Å². The van der Waals surface area contributed by atoms with Crippen LogP contribution in [0.25, 0.3) is 0 Å². The molecule has 0 saturated carbocycles. The Bertz CT molecular complexity index is 641. The van der Waals surface area contributed by atoms with E-state index in [0.29, 0.717) is 19.7 Å². The molecule has 0 aromatic heterocycles. The number of benzene rings is 2. The number of carbonyl (C=O) groups excluding carboxylic acids is 1. The summed E-state index contributed by atoms with van der Waals surface area (Å²) >= 11 is 0. The molecule has 2 aromatic carbocycles. The maximum absolute atomic E-state index is 11.9. The van der Waals surface area contributed by atoms with Crippen LogP contribution >= 0.6 is 0 Å². The second-order valence-electron chi connectivity index (χ2n) is 5.46. The lowest BCUT2D eigenvalue weighted by atomic mass is 10.1. The van der Waals surface area contributed by atoms with Crippen LogP contribution < -0.4 is 15.4 Å². The summed E-state index contributed by atoms with van der Waals surface area (Å²) in [6, 6.07) is 15.6. The van der Waals surface area contributed by atoms with Crippen molar-refractivity contribution in [3.63, 3.8) is 0 Å². The molecule has 0 aliphatic carbocycles. The molecule has 0 radical (unpaired) electrons. The summed E-state index contributed by atoms with van der Waals surface area (Å²) in [5.41, 5.74) is 3.32. The van der Waals surface area contributed by atoms with Crippen LogP contribution in [-0.4, -0.2) is 12.6 Å². The molecule has 23 heavy (non-hydrogen) atoms. The molecule has 0 spiro atoms. The third-order valence-electron chi connectivity index (χ3n) is 3.53. The van der Waals surface area contributed by atoms with Crippen LogP contribution in [0, 0.1) is 6.92 Å². The molecule has 0 bridgehead atoms. The van der Waals surface area contributed by atoms with Crippen molar-refractivity contribution in [2.75, 3.05) is 6.61 Å². The number of carbonyl (C=O) groups is 1. The molecular formula is C19H24N2O2. The van der Waals surface area contributed by atoms with Crippen LogP contribution in [-0.2, 0) is 13.1 Å². The number of aryl methyl sites for hydroxylation is 1. The lowest BCUT2D eigenvalue weighted by Crippen LogP contribution is -2.34. The fourth-order valence-corrected chi connectivity index (χ4v) is 2.19. The van der Waals surface area contributed by atoms with Gasteiger partial charge in [-0.05, 0) is 42.2 Å². The topological polar surface area (TPSA) is 50.4 Å². The Morgan fingerprint density at radius 2 is 1.83 bits per heavy atom. The lowest BCUT2D eigenvalue weighted by molar-refractivity contribution is 0.240. The minimum atomic E-state index is -0.173. The second kappa shape index (κ2) is 8.83. The van der Waals surface area contributed by atoms with Gasteiger partial charge in [0.15, 0.2) is 0 Å². The number of hydrogen-bond donors (Lipinski definition) is 2. The van der Waals surface area contributed by atoms with Gasteiger partial charge >= 0.3 is 6.03 Å². The highest BCUT2D eigenvalue weighted by Gasteiger charge is 2.03. The monoisotopic (exact) mass is 312 g/mol. The zero-order chi connectivity index (χ0) is 16.5. The van der Waals surface area contributed by atoms with Crippen LogP contribution in [0.4, 0.5) is 4.79 Å². The fourth-order valence-electron chi connectivity index (χ4n) is 2.19. The summed E-state index contributed by atoms with van der Waals surface area (Å²) in [4.78, 5) is 11.9. The van der Waals surface area contributed by atoms with E-state index in [-0.39, 0.29) is 6.03 Å². The van der Waals surface area contributed by atoms with Crippen LogP contribution in [0.1, 0.15) is 30.0 Å². The SMILES string of the molecule is CCCOc1cccc(CNC(=O)NCc2ccccc2C)c1. The summed E-state index contributed by atoms with van der Waals surface area (Å²) in [6.07, 6.45) is 0.976. The van der Waals surface area contributed by atoms with E-state index < -0.39 is 0 Å². The van der Waals surface area contributed by atoms with E-state index in [0.717, 1.165) is 23.3 Å². The number of hydrogen-bond acceptors (Lipinski definition) is 2. The molecule has 2 amide bonds. The van der Waals surface area contributed by atoms with Gasteiger partial charge in [0.2, 0.25) is 0 Å². The molecule has 4 nitrogen and oxygen atoms in total. The first kappa shape index (κ1) is 16.9. The Balaban J connectivity index is 1.79. The maximum Gasteiger partial charge on any atom is 0.315 e. The van der Waals surface area contributed by atoms with E-state index in [4.69, 9.17) is 4.74 Å². The molecule has 0 atom stereocenters. The summed E-state index contributed by atoms with van der Waals surface area (Å²) in [6.45, 7) is 5.82. The molecule has 122 valence electrons. The van der Waals surface area contributed by atoms with E-state index in [1.54, 1.807) is 0 Å². The van der Waals surface area contributed by atoms with Crippen molar-refractivity contribution in [2.45, 2.75) is 33.4 Å². The third-order valence-corrected chi connectivity index (χ3v) is 3.53. The Hall–Kier alpha value is -2.49. The van der Waals surface area contributed by atoms with Crippen LogP contribution in [0.2, 0.25) is 0 Å². The Morgan fingerprint density at radius 3 is 2.61 bits per heavy atom. The number of nitrogens with one attached hydrogen (secondary N) is 2. The van der Waals surface area contributed by atoms with Gasteiger partial charge in [-0.1, -0.05) is 43.3 Å². The molecule has 2 aromatic rings. The van der Waals surface area contributed by atoms with Crippen molar-refractivity contribution in [1.82, 2.24) is 10.6 Å². The van der Waals surface area contributed by atoms with Crippen molar-refractivity contribution in [3.8, 4) is 5.75 Å². The maximum atomic E-state index is 11.9. The minimum Gasteiger partial charge on any atom is -0.494 e. The smallest absolute Gasteiger partial charge is 0.315 e. The quantitative estimate of drug-likeness (QED) is 0.817. The fraction of sp³-hybridized carbons (Fsp3) is 0.316. The summed E-state index contributed by atoms with van der Waals surface area (Å²) in [5, 5.41) is 5.74. The van der Waals surface area contributed by atoms with Gasteiger partial charge in [-0.3, -0.25) is 0 Å². The van der Waals surface area contributed by atoms with Gasteiger partial charge in [-0.2, -0.15) is 0 Å². The van der Waals surface area contributed by atoms with Crippen LogP contribution in [0.3, 0.4) is 0 Å². The highest BCUT2D eigenvalue weighted by atomic mass is 16.5. The first-order valence-corrected chi connectivity index (χ1v) is 7.97. The molecule has 2 N–H and O–H groups in total. The molecular weight excluding hydrogens is 288 g/mol. The van der Waals surface area contributed by atoms with E-state index in [1.807, 2.05) is 55.5 Å². The Kier molecular flexibility index (Phi) is 6.48. The van der Waals surface area contributed by atoms with E-state index in [2.05, 4.69) is 17.6 Å². The molecule has 0 aliphatic rings. The highest BCUT2D eigenvalue weighted by molar-refractivity contribution is 5.73. The van der Waals surface area contributed by atoms with Crippen LogP contribution in [0.15, 0.2) is 48.5 Å². The van der Waals surface area contributed by atoms with Crippen molar-refractivity contribution in [2.24, 2.45) is 0 Å². The van der Waals surface area contributed by atoms with E-state index >= 15 is 0 Å². The number of urea groups is 1. The summed E-state index contributed by atoms with van der Waals surface area (Å²) < 4.78 is 5.59. The number of rotatable bonds is 7. The largest absolute Gasteiger partial charge is 0.494 e. The first-order chi connectivity index (χ1) is 11.2. The second-order valence-corrected chi connectivity index (χ2v) is 5.46. The van der Waals surface area contributed by atoms with Gasteiger partial charge in [-0.15, -0.1) is 0 Å². The summed E-state index contributed by atoms with van der Waals surface area (Å²) in [7, 11) is 0. The van der Waals surface area contributed by atoms with E-state index in [1.165, 1.54) is 5.56 Å². The van der Waals surface area contributed by atoms with Crippen molar-refractivity contribution < 1.29 is 9.53 Å². The predicted molar refractivity (Wildman–Crippen MR) is 92.5 cm³/mol. The molecule has 0 aliphatic heterocycles. The average Bonchev–Trinajstić information content (AvgIpc) is 2.58. The molecule has 0 heterocycles. The average molecular weight is 312 g/mol. The minimum absolute atomic E-state index is 0.173. The van der Waals surface area contributed by atoms with Crippen molar-refractivity contribution in [3.05, 3.63) is 65.2 Å². The zero-order valence-corrected chi connectivity index (χ0v) is 13.8. The molecule has 4 heteroatoms. The van der Waals surface area contributed by atoms with Gasteiger partial charge in [0.05, 0.1) is 6.61 Å². The first-order valence-electron chi connectivity index (χ1n) is 7.97. The van der Waals surface area contributed by atoms with Crippen molar-refractivity contribution in [1.29, 1.82) is 0 Å². The molecule has 0 unspecified atom stereocenters. The predicted octanol–water partition coefficient (Wildman–Crippen LogP) is 3.78. The zero-order valence-electron chi connectivity index (χ0n) is 13.8. The molecule has 2 rings (SSSR count). The van der Waals surface area contributed by atoms with E-state index in [9.17, 15) is 4.79 Å². The number of amides is 2. The van der Waals surface area contributed by atoms with Gasteiger partial charge in [0.1, 0.15) is 5.75 Å². The molecule has 0 saturated heterocycles. The van der Waals surface area contributed by atoms with Gasteiger partial charge in [0.25, 0.3) is 0 Å².